The molecule has 0 aromatic heterocycles. The summed E-state index contributed by atoms with van der Waals surface area (Å²) in [6, 6.07) is 0. The van der Waals surface area contributed by atoms with Crippen molar-refractivity contribution in [2.45, 2.75) is 32.2 Å². The molecule has 0 fully saturated rings. The van der Waals surface area contributed by atoms with Gasteiger partial charge in [-0.2, -0.15) is 0 Å². The van der Waals surface area contributed by atoms with Crippen LogP contribution in [0.15, 0.2) is 0 Å². The highest BCUT2D eigenvalue weighted by Gasteiger charge is 2.24. The molecule has 6 heteroatoms. The van der Waals surface area contributed by atoms with Gasteiger partial charge < -0.3 is 15.6 Å². The molecule has 86 valence electrons. The molecule has 0 aliphatic carbocycles. The van der Waals surface area contributed by atoms with E-state index in [1.165, 1.54) is 0 Å². The van der Waals surface area contributed by atoms with E-state index >= 15 is 0 Å². The number of rotatable bonds is 7. The summed E-state index contributed by atoms with van der Waals surface area (Å²) in [6.45, 7) is 3.40. The highest BCUT2D eigenvalue weighted by Crippen LogP contribution is 2.22. The van der Waals surface area contributed by atoms with Crippen LogP contribution in [0.3, 0.4) is 0 Å². The van der Waals surface area contributed by atoms with Crippen molar-refractivity contribution in [1.82, 2.24) is 0 Å². The Balaban J connectivity index is 4.28. The maximum Gasteiger partial charge on any atom is 0.306 e. The fraction of sp³-hybridized carbons (Fsp3) is 0.778. The van der Waals surface area contributed by atoms with Gasteiger partial charge in [0.05, 0.1) is 5.92 Å². The molecular weight excluding hydrogens is 214 g/mol. The van der Waals surface area contributed by atoms with Crippen LogP contribution >= 0.6 is 0 Å². The van der Waals surface area contributed by atoms with Gasteiger partial charge in [0.2, 0.25) is 15.7 Å². The number of carbonyl (C=O) groups is 2. The van der Waals surface area contributed by atoms with E-state index in [9.17, 15) is 9.59 Å². The molecule has 0 aliphatic rings. The molecule has 3 atom stereocenters. The number of aliphatic carboxylic acids is 1. The minimum absolute atomic E-state index is 0.0498. The average Bonchev–Trinajstić information content (AvgIpc) is 2.15. The summed E-state index contributed by atoms with van der Waals surface area (Å²) in [6.07, 6.45) is 0.612. The zero-order valence-corrected chi connectivity index (χ0v) is 9.93. The van der Waals surface area contributed by atoms with Crippen LogP contribution in [0.4, 0.5) is 0 Å². The Hall–Kier alpha value is -0.883. The number of carboxylic acid groups (broad SMARTS) is 1. The average molecular weight is 231 g/mol. The van der Waals surface area contributed by atoms with Gasteiger partial charge in [0.15, 0.2) is 0 Å². The van der Waals surface area contributed by atoms with Crippen LogP contribution in [0.2, 0.25) is 5.54 Å². The molecule has 5 nitrogen and oxygen atoms in total. The highest BCUT2D eigenvalue weighted by atomic mass is 28.2. The summed E-state index contributed by atoms with van der Waals surface area (Å²) in [5.41, 5.74) is 5.02. The largest absolute Gasteiger partial charge is 0.481 e. The van der Waals surface area contributed by atoms with E-state index in [1.807, 2.05) is 0 Å². The van der Waals surface area contributed by atoms with Gasteiger partial charge in [-0.05, 0) is 18.4 Å². The first-order valence-electron chi connectivity index (χ1n) is 4.80. The molecule has 0 saturated carbocycles. The normalized spacial score (nSPS) is 16.7. The van der Waals surface area contributed by atoms with Crippen molar-refractivity contribution < 1.29 is 19.5 Å². The smallest absolute Gasteiger partial charge is 0.306 e. The van der Waals surface area contributed by atoms with Gasteiger partial charge in [-0.25, -0.2) is 0 Å². The molecule has 15 heavy (non-hydrogen) atoms. The molecule has 2 radical (unpaired) electrons. The summed E-state index contributed by atoms with van der Waals surface area (Å²) in [7, 11) is -0.271. The zero-order valence-electron chi connectivity index (χ0n) is 8.93. The summed E-state index contributed by atoms with van der Waals surface area (Å²) in [5, 5.41) is 8.92. The first kappa shape index (κ1) is 14.1. The molecule has 1 unspecified atom stereocenters. The first-order valence-corrected chi connectivity index (χ1v) is 5.82. The third-order valence-electron chi connectivity index (χ3n) is 2.33. The van der Waals surface area contributed by atoms with E-state index in [-0.39, 0.29) is 21.7 Å². The molecule has 4 N–H and O–H groups in total. The number of nitrogens with two attached hydrogens (primary N) is 1. The molecule has 1 amide bonds. The second kappa shape index (κ2) is 6.57. The zero-order chi connectivity index (χ0) is 12.0. The summed E-state index contributed by atoms with van der Waals surface area (Å²) < 4.78 is 0. The van der Waals surface area contributed by atoms with Crippen molar-refractivity contribution in [1.29, 1.82) is 0 Å². The number of carbonyl (C=O) groups excluding carboxylic acids is 1. The molecule has 0 aromatic rings. The number of hydrogen-bond acceptors (Lipinski definition) is 3. The SMILES string of the molecule is CC(C[C@H](C[C@H](C)[Si]O)C(=O)O)C(N)=O. The minimum atomic E-state index is -0.937. The van der Waals surface area contributed by atoms with E-state index in [2.05, 4.69) is 0 Å². The van der Waals surface area contributed by atoms with E-state index < -0.39 is 23.7 Å². The third-order valence-corrected chi connectivity index (χ3v) is 3.01. The molecule has 0 heterocycles. The Labute approximate surface area is 91.6 Å². The second-order valence-electron chi connectivity index (χ2n) is 3.84. The van der Waals surface area contributed by atoms with Gasteiger partial charge in [0.1, 0.15) is 0 Å². The van der Waals surface area contributed by atoms with Crippen LogP contribution in [0.5, 0.6) is 0 Å². The maximum absolute atomic E-state index is 10.9. The lowest BCUT2D eigenvalue weighted by atomic mass is 9.92. The van der Waals surface area contributed by atoms with Crippen molar-refractivity contribution in [3.05, 3.63) is 0 Å². The standard InChI is InChI=1S/C9H17NO4Si/c1-5(8(10)11)3-7(9(12)13)4-6(2)15-14/h5-7,14H,3-4H2,1-2H3,(H2,10,11)(H,12,13)/t5?,6-,7+/m0/s1. The molecule has 0 aromatic carbocycles. The summed E-state index contributed by atoms with van der Waals surface area (Å²) in [4.78, 5) is 30.5. The first-order chi connectivity index (χ1) is 6.88. The molecule has 0 rings (SSSR count). The van der Waals surface area contributed by atoms with E-state index in [1.54, 1.807) is 13.8 Å². The van der Waals surface area contributed by atoms with Crippen molar-refractivity contribution in [3.8, 4) is 0 Å². The fourth-order valence-electron chi connectivity index (χ4n) is 1.32. The fourth-order valence-corrected chi connectivity index (χ4v) is 1.71. The topological polar surface area (TPSA) is 101 Å². The molecule has 0 bridgehead atoms. The van der Waals surface area contributed by atoms with Gasteiger partial charge >= 0.3 is 5.97 Å². The van der Waals surface area contributed by atoms with Crippen LogP contribution in [-0.4, -0.2) is 31.5 Å². The molecule has 0 spiro atoms. The van der Waals surface area contributed by atoms with Gasteiger partial charge in [-0.1, -0.05) is 13.8 Å². The van der Waals surface area contributed by atoms with Crippen molar-refractivity contribution in [2.75, 3.05) is 0 Å². The van der Waals surface area contributed by atoms with Gasteiger partial charge in [0.25, 0.3) is 0 Å². The Kier molecular flexibility index (Phi) is 6.19. The Morgan fingerprint density at radius 2 is 1.87 bits per heavy atom. The summed E-state index contributed by atoms with van der Waals surface area (Å²) >= 11 is 0. The predicted octanol–water partition coefficient (Wildman–Crippen LogP) is 0.00870. The number of amides is 1. The van der Waals surface area contributed by atoms with Crippen molar-refractivity contribution >= 4 is 21.6 Å². The van der Waals surface area contributed by atoms with Gasteiger partial charge in [-0.15, -0.1) is 0 Å². The molecular formula is C9H17NO4Si. The van der Waals surface area contributed by atoms with Crippen LogP contribution in [0.1, 0.15) is 26.7 Å². The number of hydrogen-bond donors (Lipinski definition) is 3. The quantitative estimate of drug-likeness (QED) is 0.537. The molecule has 0 saturated heterocycles. The third kappa shape index (κ3) is 5.53. The van der Waals surface area contributed by atoms with Crippen LogP contribution in [0.25, 0.3) is 0 Å². The van der Waals surface area contributed by atoms with E-state index in [0.29, 0.717) is 6.42 Å². The van der Waals surface area contributed by atoms with E-state index in [4.69, 9.17) is 15.6 Å². The van der Waals surface area contributed by atoms with Gasteiger partial charge in [-0.3, -0.25) is 9.59 Å². The second-order valence-corrected chi connectivity index (χ2v) is 5.08. The van der Waals surface area contributed by atoms with Crippen LogP contribution < -0.4 is 5.73 Å². The van der Waals surface area contributed by atoms with Gasteiger partial charge in [0, 0.05) is 5.92 Å². The van der Waals surface area contributed by atoms with Crippen molar-refractivity contribution in [3.63, 3.8) is 0 Å². The maximum atomic E-state index is 10.9. The minimum Gasteiger partial charge on any atom is -0.481 e. The van der Waals surface area contributed by atoms with Crippen LogP contribution in [0, 0.1) is 11.8 Å². The lowest BCUT2D eigenvalue weighted by molar-refractivity contribution is -0.142. The number of primary amides is 1. The predicted molar refractivity (Wildman–Crippen MR) is 56.1 cm³/mol. The lowest BCUT2D eigenvalue weighted by Gasteiger charge is -2.17. The number of carboxylic acids is 1. The lowest BCUT2D eigenvalue weighted by Crippen LogP contribution is -2.27. The van der Waals surface area contributed by atoms with Crippen molar-refractivity contribution in [2.24, 2.45) is 17.6 Å². The monoisotopic (exact) mass is 231 g/mol. The van der Waals surface area contributed by atoms with Crippen LogP contribution in [-0.2, 0) is 9.59 Å². The highest BCUT2D eigenvalue weighted by molar-refractivity contribution is 6.27. The Bertz CT molecular complexity index is 234. The summed E-state index contributed by atoms with van der Waals surface area (Å²) in [5.74, 6) is -2.48. The molecule has 0 aliphatic heterocycles. The Morgan fingerprint density at radius 3 is 2.20 bits per heavy atom. The van der Waals surface area contributed by atoms with E-state index in [0.717, 1.165) is 0 Å². The Morgan fingerprint density at radius 1 is 1.33 bits per heavy atom.